The topological polar surface area (TPSA) is 101 Å². The fourth-order valence-electron chi connectivity index (χ4n) is 1.82. The maximum absolute atomic E-state index is 12.4. The van der Waals surface area contributed by atoms with E-state index in [4.69, 9.17) is 5.73 Å². The first-order chi connectivity index (χ1) is 9.31. The molecule has 20 heavy (non-hydrogen) atoms. The van der Waals surface area contributed by atoms with Crippen LogP contribution in [0.1, 0.15) is 24.1 Å². The summed E-state index contributed by atoms with van der Waals surface area (Å²) < 4.78 is 28.1. The zero-order chi connectivity index (χ0) is 14.9. The number of nitrogens with zero attached hydrogens (tertiary/aromatic N) is 1. The Morgan fingerprint density at radius 3 is 2.75 bits per heavy atom. The Bertz CT molecular complexity index is 713. The summed E-state index contributed by atoms with van der Waals surface area (Å²) in [7, 11) is -3.65. The average Bonchev–Trinajstić information content (AvgIpc) is 2.86. The second-order valence-corrected chi connectivity index (χ2v) is 7.05. The van der Waals surface area contributed by atoms with E-state index in [1.807, 2.05) is 0 Å². The van der Waals surface area contributed by atoms with Crippen LogP contribution in [0.5, 0.6) is 0 Å². The van der Waals surface area contributed by atoms with E-state index in [1.54, 1.807) is 32.3 Å². The van der Waals surface area contributed by atoms with Crippen molar-refractivity contribution >= 4 is 31.6 Å². The molecule has 2 rings (SSSR count). The lowest BCUT2D eigenvalue weighted by molar-refractivity contribution is 0.566. The fourth-order valence-corrected chi connectivity index (χ4v) is 3.77. The largest absolute Gasteiger partial charge is 0.398 e. The third-order valence-electron chi connectivity index (χ3n) is 2.94. The van der Waals surface area contributed by atoms with E-state index in [9.17, 15) is 8.42 Å². The molecule has 1 aromatic carbocycles. The molecule has 6 nitrogen and oxygen atoms in total. The number of rotatable bonds is 4. The van der Waals surface area contributed by atoms with Crippen molar-refractivity contribution in [2.45, 2.75) is 24.8 Å². The number of H-pyrrole nitrogens is 1. The number of aromatic amines is 1. The van der Waals surface area contributed by atoms with Gasteiger partial charge in [-0.3, -0.25) is 5.10 Å². The summed E-state index contributed by atoms with van der Waals surface area (Å²) in [6, 6.07) is 2.75. The normalized spacial score (nSPS) is 13.3. The molecule has 0 saturated heterocycles. The fraction of sp³-hybridized carbons (Fsp3) is 0.250. The first-order valence-corrected chi connectivity index (χ1v) is 8.15. The Balaban J connectivity index is 2.34. The van der Waals surface area contributed by atoms with Gasteiger partial charge >= 0.3 is 0 Å². The number of hydrogen-bond acceptors (Lipinski definition) is 4. The highest BCUT2D eigenvalue weighted by Gasteiger charge is 2.21. The third kappa shape index (κ3) is 3.02. The maximum atomic E-state index is 12.4. The Hall–Kier alpha value is -1.38. The van der Waals surface area contributed by atoms with Crippen molar-refractivity contribution in [3.05, 3.63) is 40.1 Å². The van der Waals surface area contributed by atoms with E-state index >= 15 is 0 Å². The number of nitrogens with one attached hydrogen (secondary N) is 2. The number of halogens is 1. The van der Waals surface area contributed by atoms with Crippen molar-refractivity contribution in [3.63, 3.8) is 0 Å². The average molecular weight is 359 g/mol. The number of anilines is 1. The molecule has 0 radical (unpaired) electrons. The molecule has 1 unspecified atom stereocenters. The molecule has 4 N–H and O–H groups in total. The lowest BCUT2D eigenvalue weighted by Gasteiger charge is -2.15. The molecule has 1 aromatic heterocycles. The summed E-state index contributed by atoms with van der Waals surface area (Å²) >= 11 is 3.28. The van der Waals surface area contributed by atoms with Crippen molar-refractivity contribution in [2.24, 2.45) is 0 Å². The molecule has 0 spiro atoms. The second kappa shape index (κ2) is 5.55. The van der Waals surface area contributed by atoms with Gasteiger partial charge in [-0.15, -0.1) is 0 Å². The molecule has 108 valence electrons. The van der Waals surface area contributed by atoms with Gasteiger partial charge in [-0.2, -0.15) is 5.10 Å². The summed E-state index contributed by atoms with van der Waals surface area (Å²) in [5, 5.41) is 6.46. The number of hydrogen-bond donors (Lipinski definition) is 3. The lowest BCUT2D eigenvalue weighted by atomic mass is 10.2. The predicted octanol–water partition coefficient (Wildman–Crippen LogP) is 2.10. The number of nitrogen functional groups attached to an aromatic ring is 1. The number of nitrogens with two attached hydrogens (primary N) is 1. The van der Waals surface area contributed by atoms with Crippen LogP contribution in [0.4, 0.5) is 5.69 Å². The Morgan fingerprint density at radius 2 is 2.15 bits per heavy atom. The van der Waals surface area contributed by atoms with Gasteiger partial charge in [-0.05, 0) is 47.5 Å². The van der Waals surface area contributed by atoms with Gasteiger partial charge in [0.25, 0.3) is 0 Å². The molecule has 8 heteroatoms. The van der Waals surface area contributed by atoms with Crippen molar-refractivity contribution in [3.8, 4) is 0 Å². The zero-order valence-corrected chi connectivity index (χ0v) is 13.4. The third-order valence-corrected chi connectivity index (χ3v) is 5.30. The second-order valence-electron chi connectivity index (χ2n) is 4.51. The summed E-state index contributed by atoms with van der Waals surface area (Å²) in [5.41, 5.74) is 7.52. The molecule has 0 aliphatic carbocycles. The molecule has 2 aromatic rings. The quantitative estimate of drug-likeness (QED) is 0.728. The van der Waals surface area contributed by atoms with E-state index in [2.05, 4.69) is 30.8 Å². The van der Waals surface area contributed by atoms with E-state index in [0.29, 0.717) is 15.7 Å². The molecule has 0 saturated carbocycles. The van der Waals surface area contributed by atoms with Crippen LogP contribution in [0.25, 0.3) is 0 Å². The smallest absolute Gasteiger partial charge is 0.241 e. The zero-order valence-electron chi connectivity index (χ0n) is 11.0. The SMILES string of the molecule is Cc1cc(Br)c(N)cc1S(=O)(=O)NC(C)c1cn[nH]c1. The summed E-state index contributed by atoms with van der Waals surface area (Å²) in [6.07, 6.45) is 3.23. The van der Waals surface area contributed by atoms with Gasteiger partial charge in [0.1, 0.15) is 0 Å². The Labute approximate surface area is 125 Å². The van der Waals surface area contributed by atoms with E-state index in [0.717, 1.165) is 5.56 Å². The maximum Gasteiger partial charge on any atom is 0.241 e. The van der Waals surface area contributed by atoms with Gasteiger partial charge in [0, 0.05) is 28.0 Å². The van der Waals surface area contributed by atoms with Crippen molar-refractivity contribution < 1.29 is 8.42 Å². The Morgan fingerprint density at radius 1 is 1.45 bits per heavy atom. The van der Waals surface area contributed by atoms with Gasteiger partial charge in [0.05, 0.1) is 11.1 Å². The van der Waals surface area contributed by atoms with E-state index < -0.39 is 10.0 Å². The van der Waals surface area contributed by atoms with E-state index in [1.165, 1.54) is 6.07 Å². The van der Waals surface area contributed by atoms with Gasteiger partial charge in [-0.1, -0.05) is 0 Å². The first-order valence-electron chi connectivity index (χ1n) is 5.88. The van der Waals surface area contributed by atoms with Gasteiger partial charge in [0.2, 0.25) is 10.0 Å². The van der Waals surface area contributed by atoms with Crippen LogP contribution < -0.4 is 10.5 Å². The minimum atomic E-state index is -3.65. The number of benzene rings is 1. The van der Waals surface area contributed by atoms with Gasteiger partial charge in [0.15, 0.2) is 0 Å². The minimum absolute atomic E-state index is 0.175. The van der Waals surface area contributed by atoms with Gasteiger partial charge < -0.3 is 5.73 Å². The van der Waals surface area contributed by atoms with Crippen molar-refractivity contribution in [2.75, 3.05) is 5.73 Å². The molecule has 0 aliphatic heterocycles. The number of sulfonamides is 1. The molecule has 0 aliphatic rings. The number of aromatic nitrogens is 2. The highest BCUT2D eigenvalue weighted by atomic mass is 79.9. The van der Waals surface area contributed by atoms with Crippen LogP contribution in [0.3, 0.4) is 0 Å². The standard InChI is InChI=1S/C12H15BrN4O2S/c1-7-3-10(13)11(14)4-12(7)20(18,19)17-8(2)9-5-15-16-6-9/h3-6,8,17H,14H2,1-2H3,(H,15,16). The molecule has 0 fully saturated rings. The highest BCUT2D eigenvalue weighted by molar-refractivity contribution is 9.10. The molecular weight excluding hydrogens is 344 g/mol. The van der Waals surface area contributed by atoms with Crippen LogP contribution >= 0.6 is 15.9 Å². The predicted molar refractivity (Wildman–Crippen MR) is 80.6 cm³/mol. The van der Waals surface area contributed by atoms with Crippen LogP contribution in [0.2, 0.25) is 0 Å². The van der Waals surface area contributed by atoms with Crippen molar-refractivity contribution in [1.29, 1.82) is 0 Å². The van der Waals surface area contributed by atoms with Crippen LogP contribution in [0, 0.1) is 6.92 Å². The molecule has 1 heterocycles. The molecule has 0 bridgehead atoms. The highest BCUT2D eigenvalue weighted by Crippen LogP contribution is 2.27. The van der Waals surface area contributed by atoms with Crippen LogP contribution in [-0.4, -0.2) is 18.6 Å². The molecule has 0 amide bonds. The molecule has 1 atom stereocenters. The minimum Gasteiger partial charge on any atom is -0.398 e. The van der Waals surface area contributed by atoms with E-state index in [-0.39, 0.29) is 10.9 Å². The summed E-state index contributed by atoms with van der Waals surface area (Å²) in [4.78, 5) is 0.175. The first kappa shape index (κ1) is 15.0. The van der Waals surface area contributed by atoms with Crippen LogP contribution in [0.15, 0.2) is 33.9 Å². The summed E-state index contributed by atoms with van der Waals surface area (Å²) in [6.45, 7) is 3.47. The van der Waals surface area contributed by atoms with Crippen LogP contribution in [-0.2, 0) is 10.0 Å². The van der Waals surface area contributed by atoms with Gasteiger partial charge in [-0.25, -0.2) is 13.1 Å². The molecular formula is C12H15BrN4O2S. The number of aryl methyl sites for hydroxylation is 1. The Kier molecular flexibility index (Phi) is 4.17. The monoisotopic (exact) mass is 358 g/mol. The lowest BCUT2D eigenvalue weighted by Crippen LogP contribution is -2.27. The summed E-state index contributed by atoms with van der Waals surface area (Å²) in [5.74, 6) is 0. The van der Waals surface area contributed by atoms with Crippen molar-refractivity contribution in [1.82, 2.24) is 14.9 Å².